The van der Waals surface area contributed by atoms with E-state index < -0.39 is 0 Å². The molecule has 0 spiro atoms. The van der Waals surface area contributed by atoms with Crippen LogP contribution in [0.4, 0.5) is 5.95 Å². The lowest BCUT2D eigenvalue weighted by molar-refractivity contribution is 0.757. The maximum Gasteiger partial charge on any atom is 0.295 e. The lowest BCUT2D eigenvalue weighted by atomic mass is 10.5. The number of aryl methyl sites for hydroxylation is 1. The molecular formula is C6H10ClN5O. The lowest BCUT2D eigenvalue weighted by Crippen LogP contribution is -2.35. The van der Waals surface area contributed by atoms with Gasteiger partial charge in [0.15, 0.2) is 0 Å². The average Bonchev–Trinajstić information content (AvgIpc) is 2.12. The molecule has 0 atom stereocenters. The van der Waals surface area contributed by atoms with Crippen molar-refractivity contribution >= 4 is 17.5 Å². The van der Waals surface area contributed by atoms with Gasteiger partial charge in [-0.05, 0) is 6.92 Å². The van der Waals surface area contributed by atoms with E-state index >= 15 is 0 Å². The molecule has 0 saturated carbocycles. The molecule has 72 valence electrons. The number of nitrogens with zero attached hydrogens (tertiary/aromatic N) is 3. The molecule has 0 radical (unpaired) electrons. The van der Waals surface area contributed by atoms with Crippen molar-refractivity contribution < 1.29 is 0 Å². The number of rotatable bonds is 3. The SMILES string of the molecule is Cc1nnc(N)n(NCCCl)c1=O. The van der Waals surface area contributed by atoms with Crippen molar-refractivity contribution in [3.05, 3.63) is 16.0 Å². The zero-order valence-corrected chi connectivity index (χ0v) is 7.88. The molecule has 0 aliphatic carbocycles. The van der Waals surface area contributed by atoms with Crippen molar-refractivity contribution in [1.82, 2.24) is 14.9 Å². The monoisotopic (exact) mass is 203 g/mol. The summed E-state index contributed by atoms with van der Waals surface area (Å²) in [4.78, 5) is 11.4. The number of hydrogen-bond acceptors (Lipinski definition) is 5. The minimum Gasteiger partial charge on any atom is -0.366 e. The fourth-order valence-corrected chi connectivity index (χ4v) is 0.871. The summed E-state index contributed by atoms with van der Waals surface area (Å²) in [6.45, 7) is 2.00. The van der Waals surface area contributed by atoms with Crippen LogP contribution in [0.15, 0.2) is 4.79 Å². The molecule has 7 heteroatoms. The normalized spacial score (nSPS) is 10.0. The molecule has 0 bridgehead atoms. The molecule has 6 nitrogen and oxygen atoms in total. The second-order valence-electron chi connectivity index (χ2n) is 2.38. The highest BCUT2D eigenvalue weighted by molar-refractivity contribution is 6.18. The van der Waals surface area contributed by atoms with Crippen LogP contribution in [0, 0.1) is 6.92 Å². The maximum atomic E-state index is 11.4. The maximum absolute atomic E-state index is 11.4. The first-order valence-electron chi connectivity index (χ1n) is 3.68. The van der Waals surface area contributed by atoms with Gasteiger partial charge < -0.3 is 11.2 Å². The molecular weight excluding hydrogens is 194 g/mol. The highest BCUT2D eigenvalue weighted by atomic mass is 35.5. The zero-order chi connectivity index (χ0) is 9.84. The van der Waals surface area contributed by atoms with E-state index in [4.69, 9.17) is 17.3 Å². The largest absolute Gasteiger partial charge is 0.366 e. The van der Waals surface area contributed by atoms with Crippen molar-refractivity contribution in [2.75, 3.05) is 23.6 Å². The Kier molecular flexibility index (Phi) is 3.07. The molecule has 1 heterocycles. The summed E-state index contributed by atoms with van der Waals surface area (Å²) in [6.07, 6.45) is 0. The molecule has 0 amide bonds. The van der Waals surface area contributed by atoms with Crippen LogP contribution in [0.25, 0.3) is 0 Å². The van der Waals surface area contributed by atoms with Crippen LogP contribution in [0.1, 0.15) is 5.69 Å². The molecule has 13 heavy (non-hydrogen) atoms. The number of nitrogen functional groups attached to an aromatic ring is 1. The lowest BCUT2D eigenvalue weighted by Gasteiger charge is -2.09. The number of alkyl halides is 1. The second kappa shape index (κ2) is 4.08. The van der Waals surface area contributed by atoms with E-state index in [2.05, 4.69) is 15.6 Å². The quantitative estimate of drug-likeness (QED) is 0.636. The number of hydrogen-bond donors (Lipinski definition) is 2. The molecule has 0 fully saturated rings. The number of nitrogens with one attached hydrogen (secondary N) is 1. The highest BCUT2D eigenvalue weighted by Crippen LogP contribution is 1.88. The van der Waals surface area contributed by atoms with Crippen LogP contribution in [0.2, 0.25) is 0 Å². The summed E-state index contributed by atoms with van der Waals surface area (Å²) in [5.41, 5.74) is 8.11. The Morgan fingerprint density at radius 2 is 2.31 bits per heavy atom. The van der Waals surface area contributed by atoms with Gasteiger partial charge in [-0.1, -0.05) is 0 Å². The van der Waals surface area contributed by atoms with Crippen LogP contribution >= 0.6 is 11.6 Å². The van der Waals surface area contributed by atoms with E-state index in [1.807, 2.05) is 0 Å². The van der Waals surface area contributed by atoms with E-state index in [0.29, 0.717) is 12.4 Å². The molecule has 3 N–H and O–H groups in total. The Morgan fingerprint density at radius 3 is 2.92 bits per heavy atom. The van der Waals surface area contributed by atoms with Gasteiger partial charge in [0.05, 0.1) is 0 Å². The van der Waals surface area contributed by atoms with Crippen LogP contribution in [-0.2, 0) is 0 Å². The van der Waals surface area contributed by atoms with Crippen molar-refractivity contribution in [3.8, 4) is 0 Å². The highest BCUT2D eigenvalue weighted by Gasteiger charge is 2.04. The zero-order valence-electron chi connectivity index (χ0n) is 7.12. The van der Waals surface area contributed by atoms with Crippen molar-refractivity contribution in [2.24, 2.45) is 0 Å². The molecule has 1 aromatic heterocycles. The van der Waals surface area contributed by atoms with Gasteiger partial charge in [0.25, 0.3) is 5.56 Å². The minimum atomic E-state index is -0.308. The predicted octanol–water partition coefficient (Wildman–Crippen LogP) is -0.689. The van der Waals surface area contributed by atoms with Gasteiger partial charge in [-0.15, -0.1) is 21.8 Å². The van der Waals surface area contributed by atoms with Gasteiger partial charge in [-0.2, -0.15) is 4.68 Å². The smallest absolute Gasteiger partial charge is 0.295 e. The summed E-state index contributed by atoms with van der Waals surface area (Å²) >= 11 is 5.44. The number of aromatic nitrogens is 3. The first-order valence-corrected chi connectivity index (χ1v) is 4.22. The third-order valence-corrected chi connectivity index (χ3v) is 1.60. The Labute approximate surface area is 79.7 Å². The van der Waals surface area contributed by atoms with Gasteiger partial charge in [0, 0.05) is 12.4 Å². The fraction of sp³-hybridized carbons (Fsp3) is 0.500. The molecule has 0 aromatic carbocycles. The first-order chi connectivity index (χ1) is 6.16. The first kappa shape index (κ1) is 9.79. The van der Waals surface area contributed by atoms with Crippen molar-refractivity contribution in [2.45, 2.75) is 6.92 Å². The molecule has 1 aromatic rings. The Morgan fingerprint density at radius 1 is 1.62 bits per heavy atom. The van der Waals surface area contributed by atoms with Crippen LogP contribution in [-0.4, -0.2) is 27.3 Å². The average molecular weight is 204 g/mol. The molecule has 0 aliphatic rings. The minimum absolute atomic E-state index is 0.0284. The van der Waals surface area contributed by atoms with Gasteiger partial charge >= 0.3 is 0 Å². The van der Waals surface area contributed by atoms with E-state index in [1.54, 1.807) is 6.92 Å². The summed E-state index contributed by atoms with van der Waals surface area (Å²) in [7, 11) is 0. The Bertz CT molecular complexity index is 349. The van der Waals surface area contributed by atoms with Crippen LogP contribution < -0.4 is 16.7 Å². The van der Waals surface area contributed by atoms with Gasteiger partial charge in [-0.25, -0.2) is 0 Å². The molecule has 1 rings (SSSR count). The van der Waals surface area contributed by atoms with Gasteiger partial charge in [0.2, 0.25) is 5.95 Å². The summed E-state index contributed by atoms with van der Waals surface area (Å²) in [5.74, 6) is 0.411. The second-order valence-corrected chi connectivity index (χ2v) is 2.76. The molecule has 0 saturated heterocycles. The third-order valence-electron chi connectivity index (χ3n) is 1.41. The van der Waals surface area contributed by atoms with Crippen LogP contribution in [0.5, 0.6) is 0 Å². The summed E-state index contributed by atoms with van der Waals surface area (Å²) < 4.78 is 1.13. The standard InChI is InChI=1S/C6H10ClN5O/c1-4-5(13)12(9-3-2-7)6(8)11-10-4/h9H,2-3H2,1H3,(H2,8,11). The number of halogens is 1. The topological polar surface area (TPSA) is 85.8 Å². The summed E-state index contributed by atoms with van der Waals surface area (Å²) in [5, 5.41) is 7.14. The molecule has 0 aliphatic heterocycles. The van der Waals surface area contributed by atoms with Gasteiger partial charge in [-0.3, -0.25) is 4.79 Å². The molecule has 0 unspecified atom stereocenters. The van der Waals surface area contributed by atoms with Crippen LogP contribution in [0.3, 0.4) is 0 Å². The fourth-order valence-electron chi connectivity index (χ4n) is 0.786. The third kappa shape index (κ3) is 2.09. The van der Waals surface area contributed by atoms with E-state index in [9.17, 15) is 4.79 Å². The Hall–Kier alpha value is -1.30. The summed E-state index contributed by atoms with van der Waals surface area (Å²) in [6, 6.07) is 0. The number of anilines is 1. The van der Waals surface area contributed by atoms with Crippen molar-refractivity contribution in [3.63, 3.8) is 0 Å². The van der Waals surface area contributed by atoms with E-state index in [-0.39, 0.29) is 17.2 Å². The van der Waals surface area contributed by atoms with Crippen molar-refractivity contribution in [1.29, 1.82) is 0 Å². The Balaban J connectivity index is 3.03. The van der Waals surface area contributed by atoms with E-state index in [1.165, 1.54) is 0 Å². The number of nitrogens with two attached hydrogens (primary N) is 1. The predicted molar refractivity (Wildman–Crippen MR) is 50.4 cm³/mol. The van der Waals surface area contributed by atoms with Gasteiger partial charge in [0.1, 0.15) is 5.69 Å². The van der Waals surface area contributed by atoms with E-state index in [0.717, 1.165) is 4.68 Å².